The Labute approximate surface area is 195 Å². The van der Waals surface area contributed by atoms with Crippen LogP contribution >= 0.6 is 0 Å². The highest BCUT2D eigenvalue weighted by molar-refractivity contribution is 5.75. The molecular formula is C27H37F3O3. The van der Waals surface area contributed by atoms with Crippen molar-refractivity contribution in [2.24, 2.45) is 35.5 Å². The third-order valence-corrected chi connectivity index (χ3v) is 8.59. The van der Waals surface area contributed by atoms with E-state index in [0.717, 1.165) is 43.1 Å². The molecular weight excluding hydrogens is 429 g/mol. The third kappa shape index (κ3) is 6.05. The van der Waals surface area contributed by atoms with Gasteiger partial charge in [0.1, 0.15) is 5.75 Å². The summed E-state index contributed by atoms with van der Waals surface area (Å²) in [5.41, 5.74) is 0. The van der Waals surface area contributed by atoms with Gasteiger partial charge in [-0.1, -0.05) is 45.4 Å². The average molecular weight is 467 g/mol. The van der Waals surface area contributed by atoms with E-state index in [9.17, 15) is 18.0 Å². The van der Waals surface area contributed by atoms with Gasteiger partial charge in [0, 0.05) is 6.07 Å². The molecule has 0 saturated heterocycles. The van der Waals surface area contributed by atoms with Crippen molar-refractivity contribution < 1.29 is 27.4 Å². The number of carbonyl (C=O) groups is 1. The molecule has 0 N–H and O–H groups in total. The largest absolute Gasteiger partial charge is 0.435 e. The van der Waals surface area contributed by atoms with Gasteiger partial charge in [-0.3, -0.25) is 4.79 Å². The summed E-state index contributed by atoms with van der Waals surface area (Å²) in [7, 11) is 0. The lowest BCUT2D eigenvalue weighted by Gasteiger charge is -2.46. The Morgan fingerprint density at radius 1 is 1.00 bits per heavy atom. The van der Waals surface area contributed by atoms with Gasteiger partial charge in [-0.15, -0.1) is 0 Å². The zero-order valence-electron chi connectivity index (χ0n) is 19.6. The Morgan fingerprint density at radius 3 is 2.45 bits per heavy atom. The second-order valence-electron chi connectivity index (χ2n) is 10.5. The molecule has 0 radical (unpaired) electrons. The van der Waals surface area contributed by atoms with Crippen LogP contribution in [0.3, 0.4) is 0 Å². The van der Waals surface area contributed by atoms with Crippen molar-refractivity contribution in [1.29, 1.82) is 0 Å². The first-order valence-corrected chi connectivity index (χ1v) is 12.9. The summed E-state index contributed by atoms with van der Waals surface area (Å²) >= 11 is 0. The molecule has 4 unspecified atom stereocenters. The Kier molecular flexibility index (Phi) is 8.24. The lowest BCUT2D eigenvalue weighted by atomic mass is 9.59. The van der Waals surface area contributed by atoms with Gasteiger partial charge in [-0.25, -0.2) is 4.39 Å². The molecule has 33 heavy (non-hydrogen) atoms. The molecule has 0 aromatic heterocycles. The maximum atomic E-state index is 14.3. The van der Waals surface area contributed by atoms with Crippen LogP contribution in [0.1, 0.15) is 84.0 Å². The average Bonchev–Trinajstić information content (AvgIpc) is 2.80. The fraction of sp³-hybridized carbons (Fsp3) is 0.741. The number of fused-ring (bicyclic) bond motifs is 1. The van der Waals surface area contributed by atoms with Crippen molar-refractivity contribution in [1.82, 2.24) is 0 Å². The van der Waals surface area contributed by atoms with Crippen LogP contribution in [-0.4, -0.2) is 12.6 Å². The summed E-state index contributed by atoms with van der Waals surface area (Å²) in [6.07, 6.45) is 14.5. The van der Waals surface area contributed by atoms with Crippen molar-refractivity contribution in [2.75, 3.05) is 0 Å². The van der Waals surface area contributed by atoms with Crippen LogP contribution in [0.5, 0.6) is 11.5 Å². The molecule has 1 aromatic carbocycles. The van der Waals surface area contributed by atoms with Gasteiger partial charge in [0.15, 0.2) is 11.6 Å². The number of ether oxygens (including phenoxy) is 2. The zero-order chi connectivity index (χ0) is 23.4. The highest BCUT2D eigenvalue weighted by atomic mass is 19.3. The second kappa shape index (κ2) is 11.1. The molecule has 3 aliphatic rings. The summed E-state index contributed by atoms with van der Waals surface area (Å²) in [5, 5.41) is 0. The van der Waals surface area contributed by atoms with Crippen molar-refractivity contribution >= 4 is 5.97 Å². The first-order chi connectivity index (χ1) is 15.9. The van der Waals surface area contributed by atoms with E-state index in [1.54, 1.807) is 0 Å². The quantitative estimate of drug-likeness (QED) is 0.304. The van der Waals surface area contributed by atoms with Gasteiger partial charge < -0.3 is 9.47 Å². The SMILES string of the molecule is CCCC1CCC(C2CCC3C(CCCC3C(=O)Oc3ccc(OC(F)F)cc3F)C2)CC1. The molecule has 3 aliphatic carbocycles. The first kappa shape index (κ1) is 24.4. The highest BCUT2D eigenvalue weighted by Crippen LogP contribution is 2.50. The number of rotatable bonds is 7. The Balaban J connectivity index is 1.33. The van der Waals surface area contributed by atoms with Crippen LogP contribution in [0.2, 0.25) is 0 Å². The molecule has 3 fully saturated rings. The summed E-state index contributed by atoms with van der Waals surface area (Å²) in [4.78, 5) is 13.0. The number of hydrogen-bond acceptors (Lipinski definition) is 3. The number of halogens is 3. The Hall–Kier alpha value is -1.72. The smallest absolute Gasteiger partial charge is 0.387 e. The normalized spacial score (nSPS) is 32.3. The molecule has 0 heterocycles. The topological polar surface area (TPSA) is 35.5 Å². The number of benzene rings is 1. The number of esters is 1. The third-order valence-electron chi connectivity index (χ3n) is 8.59. The predicted molar refractivity (Wildman–Crippen MR) is 121 cm³/mol. The van der Waals surface area contributed by atoms with E-state index in [-0.39, 0.29) is 23.4 Å². The van der Waals surface area contributed by atoms with Crippen LogP contribution in [-0.2, 0) is 4.79 Å². The zero-order valence-corrected chi connectivity index (χ0v) is 19.6. The minimum absolute atomic E-state index is 0.207. The van der Waals surface area contributed by atoms with Crippen LogP contribution < -0.4 is 9.47 Å². The maximum absolute atomic E-state index is 14.3. The molecule has 0 aliphatic heterocycles. The van der Waals surface area contributed by atoms with Crippen molar-refractivity contribution in [3.8, 4) is 11.5 Å². The van der Waals surface area contributed by atoms with Gasteiger partial charge in [0.25, 0.3) is 0 Å². The fourth-order valence-electron chi connectivity index (χ4n) is 7.00. The lowest BCUT2D eigenvalue weighted by Crippen LogP contribution is -2.40. The number of alkyl halides is 2. The van der Waals surface area contributed by atoms with E-state index in [1.807, 2.05) is 0 Å². The Bertz CT molecular complexity index is 791. The predicted octanol–water partition coefficient (Wildman–Crippen LogP) is 7.77. The lowest BCUT2D eigenvalue weighted by molar-refractivity contribution is -0.144. The summed E-state index contributed by atoms with van der Waals surface area (Å²) in [6, 6.07) is 3.22. The highest BCUT2D eigenvalue weighted by Gasteiger charge is 2.43. The maximum Gasteiger partial charge on any atom is 0.387 e. The van der Waals surface area contributed by atoms with Gasteiger partial charge >= 0.3 is 12.6 Å². The standard InChI is InChI=1S/C27H37F3O3/c1-2-4-17-7-9-18(10-8-17)19-11-13-22-20(15-19)5-3-6-23(22)26(31)33-25-14-12-21(16-24(25)28)32-27(29)30/h12,14,16-20,22-23,27H,2-11,13,15H2,1H3. The fourth-order valence-corrected chi connectivity index (χ4v) is 7.00. The van der Waals surface area contributed by atoms with E-state index < -0.39 is 12.4 Å². The summed E-state index contributed by atoms with van der Waals surface area (Å²) in [5.74, 6) is 1.44. The molecule has 0 amide bonds. The van der Waals surface area contributed by atoms with Gasteiger partial charge in [0.05, 0.1) is 5.92 Å². The van der Waals surface area contributed by atoms with Crippen molar-refractivity contribution in [3.63, 3.8) is 0 Å². The number of hydrogen-bond donors (Lipinski definition) is 0. The van der Waals surface area contributed by atoms with E-state index in [0.29, 0.717) is 11.8 Å². The Morgan fingerprint density at radius 2 is 1.76 bits per heavy atom. The van der Waals surface area contributed by atoms with Crippen LogP contribution in [0.25, 0.3) is 0 Å². The minimum Gasteiger partial charge on any atom is -0.435 e. The van der Waals surface area contributed by atoms with E-state index >= 15 is 0 Å². The van der Waals surface area contributed by atoms with E-state index in [2.05, 4.69) is 11.7 Å². The summed E-state index contributed by atoms with van der Waals surface area (Å²) in [6.45, 7) is -0.748. The van der Waals surface area contributed by atoms with Gasteiger partial charge in [-0.05, 0) is 80.2 Å². The van der Waals surface area contributed by atoms with Crippen molar-refractivity contribution in [2.45, 2.75) is 90.6 Å². The van der Waals surface area contributed by atoms with Crippen LogP contribution in [0.4, 0.5) is 13.2 Å². The van der Waals surface area contributed by atoms with Crippen LogP contribution in [0, 0.1) is 41.3 Å². The number of carbonyl (C=O) groups excluding carboxylic acids is 1. The first-order valence-electron chi connectivity index (χ1n) is 12.9. The summed E-state index contributed by atoms with van der Waals surface area (Å²) < 4.78 is 48.6. The van der Waals surface area contributed by atoms with Crippen molar-refractivity contribution in [3.05, 3.63) is 24.0 Å². The van der Waals surface area contributed by atoms with Crippen LogP contribution in [0.15, 0.2) is 18.2 Å². The minimum atomic E-state index is -3.03. The molecule has 4 atom stereocenters. The molecule has 0 spiro atoms. The monoisotopic (exact) mass is 466 g/mol. The second-order valence-corrected chi connectivity index (χ2v) is 10.5. The molecule has 1 aromatic rings. The molecule has 6 heteroatoms. The molecule has 184 valence electrons. The van der Waals surface area contributed by atoms with E-state index in [4.69, 9.17) is 4.74 Å². The van der Waals surface area contributed by atoms with Gasteiger partial charge in [0.2, 0.25) is 0 Å². The molecule has 4 rings (SSSR count). The molecule has 0 bridgehead atoms. The molecule has 3 nitrogen and oxygen atoms in total. The molecule has 3 saturated carbocycles. The van der Waals surface area contributed by atoms with Gasteiger partial charge in [-0.2, -0.15) is 8.78 Å². The van der Waals surface area contributed by atoms with E-state index in [1.165, 1.54) is 69.9 Å².